The number of aromatic nitrogens is 2. The zero-order valence-electron chi connectivity index (χ0n) is 13.6. The van der Waals surface area contributed by atoms with Crippen LogP contribution >= 0.6 is 11.6 Å². The number of rotatable bonds is 3. The summed E-state index contributed by atoms with van der Waals surface area (Å²) in [5.74, 6) is 0.497. The maximum absolute atomic E-state index is 12.6. The number of fused-ring (bicyclic) bond motifs is 1. The highest BCUT2D eigenvalue weighted by Gasteiger charge is 2.35. The molecule has 5 nitrogen and oxygen atoms in total. The Bertz CT molecular complexity index is 823. The van der Waals surface area contributed by atoms with Crippen molar-refractivity contribution in [1.82, 2.24) is 19.8 Å². The molecule has 0 spiro atoms. The summed E-state index contributed by atoms with van der Waals surface area (Å²) in [6, 6.07) is 4.68. The zero-order chi connectivity index (χ0) is 18.2. The van der Waals surface area contributed by atoms with E-state index in [0.717, 1.165) is 0 Å². The third-order valence-corrected chi connectivity index (χ3v) is 4.56. The molecule has 1 aliphatic heterocycles. The van der Waals surface area contributed by atoms with Gasteiger partial charge in [-0.2, -0.15) is 13.2 Å². The van der Waals surface area contributed by atoms with Gasteiger partial charge in [0, 0.05) is 30.7 Å². The molecule has 0 bridgehead atoms. The number of aromatic amines is 1. The topological polar surface area (TPSA) is 52.2 Å². The van der Waals surface area contributed by atoms with Crippen LogP contribution in [-0.4, -0.2) is 58.2 Å². The van der Waals surface area contributed by atoms with Crippen molar-refractivity contribution >= 4 is 22.5 Å². The lowest BCUT2D eigenvalue weighted by Gasteiger charge is -2.39. The summed E-state index contributed by atoms with van der Waals surface area (Å²) >= 11 is 5.89. The fraction of sp³-hybridized carbons (Fsp3) is 0.500. The van der Waals surface area contributed by atoms with Gasteiger partial charge < -0.3 is 4.98 Å². The molecule has 0 radical (unpaired) electrons. The normalized spacial score (nSPS) is 20.3. The largest absolute Gasteiger partial charge is 0.401 e. The first-order valence-corrected chi connectivity index (χ1v) is 8.31. The third-order valence-electron chi connectivity index (χ3n) is 4.32. The molecule has 1 aliphatic rings. The molecular formula is C16H18ClF3N4O. The highest BCUT2D eigenvalue weighted by molar-refractivity contribution is 6.31. The second-order valence-electron chi connectivity index (χ2n) is 6.34. The van der Waals surface area contributed by atoms with Crippen molar-refractivity contribution in [2.45, 2.75) is 25.7 Å². The lowest BCUT2D eigenvalue weighted by molar-refractivity contribution is -0.155. The number of hydrogen-bond acceptors (Lipinski definition) is 4. The van der Waals surface area contributed by atoms with Crippen LogP contribution in [0.1, 0.15) is 12.7 Å². The van der Waals surface area contributed by atoms with Crippen molar-refractivity contribution in [3.8, 4) is 0 Å². The number of nitrogens with one attached hydrogen (secondary N) is 1. The fourth-order valence-corrected chi connectivity index (χ4v) is 3.30. The number of H-pyrrole nitrogens is 1. The van der Waals surface area contributed by atoms with Crippen molar-refractivity contribution < 1.29 is 13.2 Å². The highest BCUT2D eigenvalue weighted by atomic mass is 35.5. The highest BCUT2D eigenvalue weighted by Crippen LogP contribution is 2.21. The van der Waals surface area contributed by atoms with Gasteiger partial charge in [-0.05, 0) is 25.1 Å². The van der Waals surface area contributed by atoms with Crippen LogP contribution in [0.25, 0.3) is 10.9 Å². The fourth-order valence-electron chi connectivity index (χ4n) is 3.13. The first-order valence-electron chi connectivity index (χ1n) is 7.93. The summed E-state index contributed by atoms with van der Waals surface area (Å²) in [5, 5.41) is 0.877. The van der Waals surface area contributed by atoms with E-state index < -0.39 is 12.7 Å². The first-order chi connectivity index (χ1) is 11.7. The van der Waals surface area contributed by atoms with Gasteiger partial charge in [0.1, 0.15) is 5.82 Å². The molecule has 2 heterocycles. The Morgan fingerprint density at radius 2 is 2.12 bits per heavy atom. The zero-order valence-corrected chi connectivity index (χ0v) is 14.4. The molecule has 1 fully saturated rings. The lowest BCUT2D eigenvalue weighted by atomic mass is 10.2. The molecule has 1 saturated heterocycles. The molecule has 1 aromatic heterocycles. The van der Waals surface area contributed by atoms with Crippen LogP contribution in [0.5, 0.6) is 0 Å². The summed E-state index contributed by atoms with van der Waals surface area (Å²) in [5.41, 5.74) is 0.276. The van der Waals surface area contributed by atoms with Gasteiger partial charge in [0.2, 0.25) is 0 Å². The maximum Gasteiger partial charge on any atom is 0.401 e. The van der Waals surface area contributed by atoms with Crippen molar-refractivity contribution in [3.05, 3.63) is 39.4 Å². The molecule has 0 saturated carbocycles. The Balaban J connectivity index is 1.70. The number of hydrogen-bond donors (Lipinski definition) is 1. The van der Waals surface area contributed by atoms with Gasteiger partial charge in [-0.3, -0.25) is 14.6 Å². The van der Waals surface area contributed by atoms with Crippen molar-refractivity contribution in [3.63, 3.8) is 0 Å². The van der Waals surface area contributed by atoms with Crippen LogP contribution in [0.2, 0.25) is 5.02 Å². The molecule has 9 heteroatoms. The summed E-state index contributed by atoms with van der Waals surface area (Å²) < 4.78 is 37.7. The van der Waals surface area contributed by atoms with E-state index in [1.54, 1.807) is 25.1 Å². The number of alkyl halides is 3. The van der Waals surface area contributed by atoms with Gasteiger partial charge in [0.25, 0.3) is 5.56 Å². The predicted octanol–water partition coefficient (Wildman–Crippen LogP) is 2.64. The van der Waals surface area contributed by atoms with Crippen molar-refractivity contribution in [2.24, 2.45) is 0 Å². The minimum Gasteiger partial charge on any atom is -0.309 e. The molecule has 25 heavy (non-hydrogen) atoms. The van der Waals surface area contributed by atoms with Gasteiger partial charge in [0.15, 0.2) is 0 Å². The van der Waals surface area contributed by atoms with Gasteiger partial charge in [-0.15, -0.1) is 0 Å². The molecule has 136 valence electrons. The van der Waals surface area contributed by atoms with Crippen LogP contribution in [0.15, 0.2) is 23.0 Å². The van der Waals surface area contributed by atoms with Crippen LogP contribution in [-0.2, 0) is 6.54 Å². The summed E-state index contributed by atoms with van der Waals surface area (Å²) in [6.07, 6.45) is -4.19. The molecule has 0 aliphatic carbocycles. The number of nitrogens with zero attached hydrogens (tertiary/aromatic N) is 3. The van der Waals surface area contributed by atoms with E-state index in [9.17, 15) is 18.0 Å². The van der Waals surface area contributed by atoms with E-state index in [1.807, 2.05) is 4.90 Å². The molecular weight excluding hydrogens is 357 g/mol. The first kappa shape index (κ1) is 18.2. The monoisotopic (exact) mass is 374 g/mol. The van der Waals surface area contributed by atoms with E-state index >= 15 is 0 Å². The van der Waals surface area contributed by atoms with Crippen LogP contribution < -0.4 is 5.56 Å². The Morgan fingerprint density at radius 1 is 1.36 bits per heavy atom. The average Bonchev–Trinajstić information content (AvgIpc) is 2.50. The van der Waals surface area contributed by atoms with E-state index in [1.165, 1.54) is 4.90 Å². The van der Waals surface area contributed by atoms with Crippen molar-refractivity contribution in [2.75, 3.05) is 26.2 Å². The molecule has 1 aromatic carbocycles. The molecule has 1 atom stereocenters. The van der Waals surface area contributed by atoms with E-state index in [-0.39, 0.29) is 11.6 Å². The molecule has 1 unspecified atom stereocenters. The van der Waals surface area contributed by atoms with Gasteiger partial charge >= 0.3 is 6.18 Å². The average molecular weight is 375 g/mol. The lowest BCUT2D eigenvalue weighted by Crippen LogP contribution is -2.54. The Labute approximate surface area is 147 Å². The van der Waals surface area contributed by atoms with Crippen LogP contribution in [0, 0.1) is 0 Å². The van der Waals surface area contributed by atoms with Gasteiger partial charge in [-0.1, -0.05) is 11.6 Å². The minimum absolute atomic E-state index is 0.221. The number of halogens is 4. The molecule has 1 N–H and O–H groups in total. The minimum atomic E-state index is -4.19. The van der Waals surface area contributed by atoms with E-state index in [4.69, 9.17) is 11.6 Å². The molecule has 3 rings (SSSR count). The molecule has 2 aromatic rings. The van der Waals surface area contributed by atoms with Gasteiger partial charge in [-0.25, -0.2) is 4.98 Å². The summed E-state index contributed by atoms with van der Waals surface area (Å²) in [4.78, 5) is 22.7. The van der Waals surface area contributed by atoms with E-state index in [0.29, 0.717) is 47.9 Å². The Kier molecular flexibility index (Phi) is 5.04. The predicted molar refractivity (Wildman–Crippen MR) is 89.7 cm³/mol. The SMILES string of the molecule is CC1CN(Cc2nc3ccc(Cl)cc3c(=O)[nH]2)CCN1CC(F)(F)F. The van der Waals surface area contributed by atoms with E-state index in [2.05, 4.69) is 9.97 Å². The maximum atomic E-state index is 12.6. The smallest absolute Gasteiger partial charge is 0.309 e. The van der Waals surface area contributed by atoms with Gasteiger partial charge in [0.05, 0.1) is 24.0 Å². The van der Waals surface area contributed by atoms with Crippen molar-refractivity contribution in [1.29, 1.82) is 0 Å². The van der Waals surface area contributed by atoms with Crippen LogP contribution in [0.3, 0.4) is 0 Å². The third kappa shape index (κ3) is 4.50. The van der Waals surface area contributed by atoms with Crippen LogP contribution in [0.4, 0.5) is 13.2 Å². The number of benzene rings is 1. The second-order valence-corrected chi connectivity index (χ2v) is 6.78. The summed E-state index contributed by atoms with van der Waals surface area (Å²) in [6.45, 7) is 2.57. The standard InChI is InChI=1S/C16H18ClF3N4O/c1-10-7-23(4-5-24(10)9-16(18,19)20)8-14-21-13-3-2-11(17)6-12(13)15(25)22-14/h2-3,6,10H,4-5,7-9H2,1H3,(H,21,22,25). The quantitative estimate of drug-likeness (QED) is 0.897. The Hall–Kier alpha value is -1.64. The molecule has 0 amide bonds. The summed E-state index contributed by atoms with van der Waals surface area (Å²) in [7, 11) is 0. The Morgan fingerprint density at radius 3 is 2.80 bits per heavy atom. The second kappa shape index (κ2) is 6.93. The number of piperazine rings is 1.